The summed E-state index contributed by atoms with van der Waals surface area (Å²) in [6, 6.07) is 5.65. The number of rotatable bonds is 1. The molecule has 0 radical (unpaired) electrons. The molecule has 0 atom stereocenters. The molecule has 0 aliphatic carbocycles. The number of benzene rings is 1. The normalized spacial score (nSPS) is 14.2. The molecule has 1 aliphatic rings. The molecule has 1 aliphatic heterocycles. The number of anilines is 1. The van der Waals surface area contributed by atoms with Gasteiger partial charge in [-0.1, -0.05) is 27.1 Å². The van der Waals surface area contributed by atoms with Gasteiger partial charge >= 0.3 is 0 Å². The van der Waals surface area contributed by atoms with E-state index in [2.05, 4.69) is 31.3 Å². The maximum atomic E-state index is 12.1. The van der Waals surface area contributed by atoms with Crippen LogP contribution in [0.3, 0.4) is 0 Å². The first kappa shape index (κ1) is 10.4. The number of aromatic nitrogens is 4. The van der Waals surface area contributed by atoms with Crippen molar-refractivity contribution in [3.8, 4) is 0 Å². The molecule has 0 unspecified atom stereocenters. The lowest BCUT2D eigenvalue weighted by atomic mass is 10.1. The Morgan fingerprint density at radius 2 is 2.24 bits per heavy atom. The second-order valence-electron chi connectivity index (χ2n) is 3.77. The van der Waals surface area contributed by atoms with Crippen molar-refractivity contribution in [1.29, 1.82) is 0 Å². The summed E-state index contributed by atoms with van der Waals surface area (Å²) < 4.78 is 0.888. The number of amides is 1. The van der Waals surface area contributed by atoms with Gasteiger partial charge in [0, 0.05) is 10.0 Å². The van der Waals surface area contributed by atoms with Crippen LogP contribution in [0.1, 0.15) is 15.9 Å². The Labute approximate surface area is 105 Å². The summed E-state index contributed by atoms with van der Waals surface area (Å²) in [7, 11) is 1.67. The van der Waals surface area contributed by atoms with Crippen LogP contribution in [0.5, 0.6) is 0 Å². The van der Waals surface area contributed by atoms with Crippen LogP contribution >= 0.6 is 15.9 Å². The van der Waals surface area contributed by atoms with E-state index in [-0.39, 0.29) is 5.91 Å². The zero-order valence-electron chi connectivity index (χ0n) is 8.96. The van der Waals surface area contributed by atoms with Crippen LogP contribution in [0, 0.1) is 0 Å². The Morgan fingerprint density at radius 3 is 2.94 bits per heavy atom. The van der Waals surface area contributed by atoms with Crippen LogP contribution in [0.15, 0.2) is 22.7 Å². The number of carbonyl (C=O) groups is 1. The highest BCUT2D eigenvalue weighted by Crippen LogP contribution is 2.27. The SMILES string of the molecule is Cn1nnc(N2Cc3ccc(Br)cc3C2=O)n1. The number of carbonyl (C=O) groups excluding carboxylic acids is 1. The minimum Gasteiger partial charge on any atom is -0.269 e. The van der Waals surface area contributed by atoms with Gasteiger partial charge in [-0.15, -0.1) is 5.10 Å². The van der Waals surface area contributed by atoms with Crippen molar-refractivity contribution in [1.82, 2.24) is 20.2 Å². The molecule has 86 valence electrons. The molecule has 0 fully saturated rings. The fraction of sp³-hybridized carbons (Fsp3) is 0.200. The molecular weight excluding hydrogens is 286 g/mol. The van der Waals surface area contributed by atoms with Crippen molar-refractivity contribution < 1.29 is 4.79 Å². The Balaban J connectivity index is 2.02. The Bertz CT molecular complexity index is 608. The van der Waals surface area contributed by atoms with Gasteiger partial charge in [0.2, 0.25) is 0 Å². The highest BCUT2D eigenvalue weighted by atomic mass is 79.9. The number of tetrazole rings is 1. The van der Waals surface area contributed by atoms with Crippen molar-refractivity contribution in [2.75, 3.05) is 4.90 Å². The predicted octanol–water partition coefficient (Wildman–Crippen LogP) is 1.13. The predicted molar refractivity (Wildman–Crippen MR) is 63.5 cm³/mol. The minimum atomic E-state index is -0.0886. The summed E-state index contributed by atoms with van der Waals surface area (Å²) >= 11 is 3.35. The number of hydrogen-bond acceptors (Lipinski definition) is 4. The molecule has 1 amide bonds. The van der Waals surface area contributed by atoms with Crippen LogP contribution in [-0.2, 0) is 13.6 Å². The zero-order valence-corrected chi connectivity index (χ0v) is 10.5. The van der Waals surface area contributed by atoms with Crippen molar-refractivity contribution >= 4 is 27.8 Å². The number of halogens is 1. The molecule has 0 spiro atoms. The summed E-state index contributed by atoms with van der Waals surface area (Å²) in [5, 5.41) is 11.6. The highest BCUT2D eigenvalue weighted by Gasteiger charge is 2.31. The first-order chi connectivity index (χ1) is 8.15. The van der Waals surface area contributed by atoms with Crippen molar-refractivity contribution in [2.24, 2.45) is 7.05 Å². The van der Waals surface area contributed by atoms with Gasteiger partial charge in [-0.25, -0.2) is 0 Å². The molecule has 1 aromatic carbocycles. The van der Waals surface area contributed by atoms with Crippen molar-refractivity contribution in [3.63, 3.8) is 0 Å². The van der Waals surface area contributed by atoms with E-state index in [9.17, 15) is 4.79 Å². The fourth-order valence-electron chi connectivity index (χ4n) is 1.82. The van der Waals surface area contributed by atoms with E-state index in [4.69, 9.17) is 0 Å². The molecule has 1 aromatic heterocycles. The monoisotopic (exact) mass is 293 g/mol. The molecule has 7 heteroatoms. The molecule has 2 heterocycles. The highest BCUT2D eigenvalue weighted by molar-refractivity contribution is 9.10. The number of fused-ring (bicyclic) bond motifs is 1. The lowest BCUT2D eigenvalue weighted by Crippen LogP contribution is -2.24. The van der Waals surface area contributed by atoms with E-state index in [1.807, 2.05) is 18.2 Å². The lowest BCUT2D eigenvalue weighted by molar-refractivity contribution is 0.0995. The summed E-state index contributed by atoms with van der Waals surface area (Å²) in [6.45, 7) is 0.493. The van der Waals surface area contributed by atoms with Gasteiger partial charge in [-0.05, 0) is 22.9 Å². The van der Waals surface area contributed by atoms with Crippen LogP contribution in [0.2, 0.25) is 0 Å². The number of aryl methyl sites for hydroxylation is 1. The number of nitrogens with zero attached hydrogens (tertiary/aromatic N) is 5. The van der Waals surface area contributed by atoms with Gasteiger partial charge in [-0.2, -0.15) is 4.80 Å². The fourth-order valence-corrected chi connectivity index (χ4v) is 2.18. The maximum Gasteiger partial charge on any atom is 0.273 e. The third kappa shape index (κ3) is 1.62. The molecule has 2 aromatic rings. The molecule has 3 rings (SSSR count). The van der Waals surface area contributed by atoms with E-state index < -0.39 is 0 Å². The maximum absolute atomic E-state index is 12.1. The average molecular weight is 294 g/mol. The second kappa shape index (κ2) is 3.63. The van der Waals surface area contributed by atoms with Crippen LogP contribution in [0.25, 0.3) is 0 Å². The molecule has 6 nitrogen and oxygen atoms in total. The van der Waals surface area contributed by atoms with Gasteiger partial charge < -0.3 is 0 Å². The summed E-state index contributed by atoms with van der Waals surface area (Å²) in [4.78, 5) is 15.0. The quantitative estimate of drug-likeness (QED) is 0.791. The molecular formula is C10H8BrN5O. The second-order valence-corrected chi connectivity index (χ2v) is 4.69. The molecule has 0 N–H and O–H groups in total. The van der Waals surface area contributed by atoms with Gasteiger partial charge in [0.25, 0.3) is 11.9 Å². The van der Waals surface area contributed by atoms with Gasteiger partial charge in [0.15, 0.2) is 0 Å². The lowest BCUT2D eigenvalue weighted by Gasteiger charge is -2.08. The van der Waals surface area contributed by atoms with Crippen LogP contribution in [0.4, 0.5) is 5.95 Å². The molecule has 0 saturated carbocycles. The largest absolute Gasteiger partial charge is 0.273 e. The molecule has 17 heavy (non-hydrogen) atoms. The van der Waals surface area contributed by atoms with Crippen LogP contribution < -0.4 is 4.90 Å². The standard InChI is InChI=1S/C10H8BrN5O/c1-15-13-10(12-14-15)16-5-6-2-3-7(11)4-8(6)9(16)17/h2-4H,5H2,1H3. The average Bonchev–Trinajstić information content (AvgIpc) is 2.84. The van der Waals surface area contributed by atoms with Gasteiger partial charge in [0.1, 0.15) is 0 Å². The third-order valence-electron chi connectivity index (χ3n) is 2.62. The van der Waals surface area contributed by atoms with E-state index in [1.165, 1.54) is 9.70 Å². The summed E-state index contributed by atoms with van der Waals surface area (Å²) in [5.41, 5.74) is 1.66. The smallest absolute Gasteiger partial charge is 0.269 e. The molecule has 0 bridgehead atoms. The zero-order chi connectivity index (χ0) is 12.0. The Hall–Kier alpha value is -1.76. The van der Waals surface area contributed by atoms with Crippen molar-refractivity contribution in [3.05, 3.63) is 33.8 Å². The molecule has 0 saturated heterocycles. The first-order valence-corrected chi connectivity index (χ1v) is 5.79. The van der Waals surface area contributed by atoms with E-state index in [0.717, 1.165) is 10.0 Å². The minimum absolute atomic E-state index is 0.0886. The van der Waals surface area contributed by atoms with E-state index >= 15 is 0 Å². The van der Waals surface area contributed by atoms with Crippen molar-refractivity contribution in [2.45, 2.75) is 6.54 Å². The topological polar surface area (TPSA) is 63.9 Å². The van der Waals surface area contributed by atoms with E-state index in [0.29, 0.717) is 18.1 Å². The first-order valence-electron chi connectivity index (χ1n) is 4.99. The number of hydrogen-bond donors (Lipinski definition) is 0. The Morgan fingerprint density at radius 1 is 1.41 bits per heavy atom. The van der Waals surface area contributed by atoms with Gasteiger partial charge in [-0.3, -0.25) is 9.69 Å². The summed E-state index contributed by atoms with van der Waals surface area (Å²) in [5.74, 6) is 0.249. The van der Waals surface area contributed by atoms with Gasteiger partial charge in [0.05, 0.1) is 13.6 Å². The van der Waals surface area contributed by atoms with E-state index in [1.54, 1.807) is 7.05 Å². The summed E-state index contributed by atoms with van der Waals surface area (Å²) in [6.07, 6.45) is 0. The third-order valence-corrected chi connectivity index (χ3v) is 3.11. The Kier molecular flexibility index (Phi) is 2.22. The van der Waals surface area contributed by atoms with Crippen LogP contribution in [-0.4, -0.2) is 26.1 Å².